The molecule has 0 saturated carbocycles. The topological polar surface area (TPSA) is 33.1 Å². The van der Waals surface area contributed by atoms with Crippen molar-refractivity contribution in [2.75, 3.05) is 0 Å². The molecular formula is C14H17NO. The molecule has 2 aromatic rings. The van der Waals surface area contributed by atoms with Gasteiger partial charge in [0.1, 0.15) is 5.75 Å². The molecule has 1 aromatic heterocycles. The van der Waals surface area contributed by atoms with Gasteiger partial charge in [-0.25, -0.2) is 4.98 Å². The zero-order chi connectivity index (χ0) is 11.5. The summed E-state index contributed by atoms with van der Waals surface area (Å²) in [5, 5.41) is 10.6. The molecule has 16 heavy (non-hydrogen) atoms. The lowest BCUT2D eigenvalue weighted by molar-refractivity contribution is 0.469. The zero-order valence-electron chi connectivity index (χ0n) is 9.83. The highest BCUT2D eigenvalue weighted by Crippen LogP contribution is 2.22. The summed E-state index contributed by atoms with van der Waals surface area (Å²) >= 11 is 0. The number of unbranched alkanes of at least 4 members (excludes halogenated alkanes) is 1. The van der Waals surface area contributed by atoms with E-state index in [2.05, 4.69) is 24.0 Å². The first kappa shape index (κ1) is 10.9. The Morgan fingerprint density at radius 2 is 2.06 bits per heavy atom. The fraction of sp³-hybridized carbons (Fsp3) is 0.357. The van der Waals surface area contributed by atoms with E-state index in [-0.39, 0.29) is 5.75 Å². The largest absolute Gasteiger partial charge is 0.506 e. The van der Waals surface area contributed by atoms with Crippen LogP contribution in [-0.4, -0.2) is 10.1 Å². The minimum atomic E-state index is 0.278. The molecule has 2 nitrogen and oxygen atoms in total. The molecule has 0 radical (unpaired) electrons. The van der Waals surface area contributed by atoms with Crippen molar-refractivity contribution in [3.63, 3.8) is 0 Å². The third kappa shape index (κ3) is 2.16. The van der Waals surface area contributed by atoms with Crippen molar-refractivity contribution in [1.29, 1.82) is 0 Å². The molecule has 0 amide bonds. The van der Waals surface area contributed by atoms with Gasteiger partial charge in [-0.15, -0.1) is 0 Å². The summed E-state index contributed by atoms with van der Waals surface area (Å²) in [5.41, 5.74) is 2.96. The van der Waals surface area contributed by atoms with Gasteiger partial charge in [-0.2, -0.15) is 0 Å². The quantitative estimate of drug-likeness (QED) is 0.848. The number of rotatable bonds is 3. The summed E-state index contributed by atoms with van der Waals surface area (Å²) in [7, 11) is 0. The smallest absolute Gasteiger partial charge is 0.137 e. The van der Waals surface area contributed by atoms with Crippen molar-refractivity contribution in [1.82, 2.24) is 4.98 Å². The molecule has 1 N–H and O–H groups in total. The van der Waals surface area contributed by atoms with Gasteiger partial charge < -0.3 is 5.11 Å². The van der Waals surface area contributed by atoms with Crippen LogP contribution in [0.5, 0.6) is 5.75 Å². The van der Waals surface area contributed by atoms with E-state index < -0.39 is 0 Å². The zero-order valence-corrected chi connectivity index (χ0v) is 9.83. The molecule has 84 valence electrons. The van der Waals surface area contributed by atoms with Gasteiger partial charge in [-0.1, -0.05) is 19.4 Å². The molecule has 0 bridgehead atoms. The van der Waals surface area contributed by atoms with E-state index in [1.807, 2.05) is 13.0 Å². The van der Waals surface area contributed by atoms with Crippen molar-refractivity contribution >= 4 is 10.9 Å². The fourth-order valence-corrected chi connectivity index (χ4v) is 1.85. The average Bonchev–Trinajstić information content (AvgIpc) is 2.28. The van der Waals surface area contributed by atoms with Gasteiger partial charge in [0.15, 0.2) is 0 Å². The molecular weight excluding hydrogens is 198 g/mol. The van der Waals surface area contributed by atoms with Gasteiger partial charge in [0.25, 0.3) is 0 Å². The number of aromatic hydroxyl groups is 1. The molecule has 0 saturated heterocycles. The van der Waals surface area contributed by atoms with Crippen LogP contribution in [0.15, 0.2) is 24.3 Å². The Balaban J connectivity index is 2.41. The molecule has 0 spiro atoms. The van der Waals surface area contributed by atoms with E-state index in [1.54, 1.807) is 6.07 Å². The number of aromatic nitrogens is 1. The van der Waals surface area contributed by atoms with Crippen LogP contribution in [-0.2, 0) is 6.42 Å². The highest BCUT2D eigenvalue weighted by Gasteiger charge is 2.02. The molecule has 1 aromatic carbocycles. The molecule has 0 fully saturated rings. The lowest BCUT2D eigenvalue weighted by Crippen LogP contribution is -1.88. The highest BCUT2D eigenvalue weighted by molar-refractivity contribution is 5.81. The first-order valence-electron chi connectivity index (χ1n) is 5.80. The number of pyridine rings is 1. The van der Waals surface area contributed by atoms with Crippen molar-refractivity contribution in [2.24, 2.45) is 0 Å². The van der Waals surface area contributed by atoms with Crippen LogP contribution in [0.1, 0.15) is 31.0 Å². The van der Waals surface area contributed by atoms with Crippen LogP contribution in [0.2, 0.25) is 0 Å². The van der Waals surface area contributed by atoms with E-state index in [0.717, 1.165) is 17.3 Å². The predicted molar refractivity (Wildman–Crippen MR) is 66.8 cm³/mol. The van der Waals surface area contributed by atoms with Crippen LogP contribution in [0.4, 0.5) is 0 Å². The molecule has 2 rings (SSSR count). The maximum absolute atomic E-state index is 9.62. The lowest BCUT2D eigenvalue weighted by atomic mass is 10.1. The van der Waals surface area contributed by atoms with Crippen molar-refractivity contribution < 1.29 is 5.11 Å². The van der Waals surface area contributed by atoms with E-state index in [4.69, 9.17) is 0 Å². The lowest BCUT2D eigenvalue weighted by Gasteiger charge is -2.05. The summed E-state index contributed by atoms with van der Waals surface area (Å²) in [6.45, 7) is 4.01. The standard InChI is InChI=1S/C14H17NO/c1-3-4-5-11-6-7-13-12(8-11)9-14(16)10(2)15-13/h6-9,16H,3-5H2,1-2H3. The molecule has 0 unspecified atom stereocenters. The number of hydrogen-bond acceptors (Lipinski definition) is 2. The van der Waals surface area contributed by atoms with Gasteiger partial charge >= 0.3 is 0 Å². The monoisotopic (exact) mass is 215 g/mol. The molecule has 0 aliphatic carbocycles. The normalized spacial score (nSPS) is 10.9. The predicted octanol–water partition coefficient (Wildman–Crippen LogP) is 3.59. The number of benzene rings is 1. The van der Waals surface area contributed by atoms with E-state index in [0.29, 0.717) is 5.69 Å². The second-order valence-corrected chi connectivity index (χ2v) is 4.22. The number of hydrogen-bond donors (Lipinski definition) is 1. The van der Waals surface area contributed by atoms with Crippen LogP contribution in [0, 0.1) is 6.92 Å². The third-order valence-electron chi connectivity index (χ3n) is 2.86. The Morgan fingerprint density at radius 1 is 1.25 bits per heavy atom. The van der Waals surface area contributed by atoms with Crippen LogP contribution >= 0.6 is 0 Å². The van der Waals surface area contributed by atoms with E-state index in [9.17, 15) is 5.11 Å². The maximum atomic E-state index is 9.62. The van der Waals surface area contributed by atoms with Gasteiger partial charge in [0.2, 0.25) is 0 Å². The molecule has 0 aliphatic rings. The Kier molecular flexibility index (Phi) is 3.09. The summed E-state index contributed by atoms with van der Waals surface area (Å²) in [6.07, 6.45) is 3.51. The maximum Gasteiger partial charge on any atom is 0.137 e. The van der Waals surface area contributed by atoms with Gasteiger partial charge in [0.05, 0.1) is 11.2 Å². The van der Waals surface area contributed by atoms with Gasteiger partial charge in [-0.05, 0) is 43.5 Å². The second-order valence-electron chi connectivity index (χ2n) is 4.22. The van der Waals surface area contributed by atoms with E-state index in [1.165, 1.54) is 18.4 Å². The Morgan fingerprint density at radius 3 is 2.81 bits per heavy atom. The summed E-state index contributed by atoms with van der Waals surface area (Å²) in [6, 6.07) is 8.08. The number of nitrogens with zero attached hydrogens (tertiary/aromatic N) is 1. The third-order valence-corrected chi connectivity index (χ3v) is 2.86. The van der Waals surface area contributed by atoms with Crippen LogP contribution in [0.25, 0.3) is 10.9 Å². The van der Waals surface area contributed by atoms with Crippen LogP contribution < -0.4 is 0 Å². The summed E-state index contributed by atoms with van der Waals surface area (Å²) in [5.74, 6) is 0.278. The molecule has 1 heterocycles. The Bertz CT molecular complexity index is 505. The SMILES string of the molecule is CCCCc1ccc2nc(C)c(O)cc2c1. The van der Waals surface area contributed by atoms with Crippen molar-refractivity contribution in [2.45, 2.75) is 33.1 Å². The van der Waals surface area contributed by atoms with Crippen molar-refractivity contribution in [3.8, 4) is 5.75 Å². The summed E-state index contributed by atoms with van der Waals surface area (Å²) < 4.78 is 0. The first-order valence-corrected chi connectivity index (χ1v) is 5.80. The second kappa shape index (κ2) is 4.52. The first-order chi connectivity index (χ1) is 7.70. The fourth-order valence-electron chi connectivity index (χ4n) is 1.85. The van der Waals surface area contributed by atoms with E-state index >= 15 is 0 Å². The van der Waals surface area contributed by atoms with Crippen molar-refractivity contribution in [3.05, 3.63) is 35.5 Å². The minimum absolute atomic E-state index is 0.278. The van der Waals surface area contributed by atoms with Gasteiger partial charge in [0, 0.05) is 5.39 Å². The summed E-state index contributed by atoms with van der Waals surface area (Å²) in [4.78, 5) is 4.35. The molecule has 0 aliphatic heterocycles. The highest BCUT2D eigenvalue weighted by atomic mass is 16.3. The Labute approximate surface area is 96.0 Å². The minimum Gasteiger partial charge on any atom is -0.506 e. The molecule has 0 atom stereocenters. The average molecular weight is 215 g/mol. The number of aryl methyl sites for hydroxylation is 2. The Hall–Kier alpha value is -1.57. The number of fused-ring (bicyclic) bond motifs is 1. The van der Waals surface area contributed by atoms with Gasteiger partial charge in [-0.3, -0.25) is 0 Å². The molecule has 2 heteroatoms. The van der Waals surface area contributed by atoms with Crippen LogP contribution in [0.3, 0.4) is 0 Å².